The molecule has 5 heteroatoms. The lowest BCUT2D eigenvalue weighted by atomic mass is 9.79. The van der Waals surface area contributed by atoms with E-state index in [4.69, 9.17) is 9.47 Å². The van der Waals surface area contributed by atoms with Crippen LogP contribution in [0.25, 0.3) is 0 Å². The van der Waals surface area contributed by atoms with Crippen LogP contribution < -0.4 is 10.1 Å². The van der Waals surface area contributed by atoms with Crippen LogP contribution in [0.3, 0.4) is 0 Å². The van der Waals surface area contributed by atoms with Crippen LogP contribution in [-0.4, -0.2) is 30.7 Å². The highest BCUT2D eigenvalue weighted by Gasteiger charge is 2.57. The quantitative estimate of drug-likeness (QED) is 0.703. The third-order valence-corrected chi connectivity index (χ3v) is 6.81. The number of anilines is 1. The van der Waals surface area contributed by atoms with Crippen molar-refractivity contribution < 1.29 is 14.3 Å². The molecule has 1 heterocycles. The van der Waals surface area contributed by atoms with Crippen LogP contribution in [0, 0.1) is 5.92 Å². The Balaban J connectivity index is 1.31. The molecule has 5 nitrogen and oxygen atoms in total. The van der Waals surface area contributed by atoms with E-state index >= 15 is 0 Å². The zero-order valence-corrected chi connectivity index (χ0v) is 16.9. The number of methoxy groups -OCH3 is 1. The molecule has 0 radical (unpaired) electrons. The van der Waals surface area contributed by atoms with E-state index in [1.54, 1.807) is 18.5 Å². The largest absolute Gasteiger partial charge is 0.494 e. The van der Waals surface area contributed by atoms with Gasteiger partial charge in [-0.1, -0.05) is 18.9 Å². The predicted molar refractivity (Wildman–Crippen MR) is 111 cm³/mol. The Bertz CT molecular complexity index is 924. The van der Waals surface area contributed by atoms with E-state index in [1.165, 1.54) is 50.3 Å². The molecule has 29 heavy (non-hydrogen) atoms. The number of aryl methyl sites for hydroxylation is 1. The van der Waals surface area contributed by atoms with Crippen LogP contribution in [0.15, 0.2) is 36.7 Å². The summed E-state index contributed by atoms with van der Waals surface area (Å²) in [5.41, 5.74) is 4.32. The molecule has 1 spiro atoms. The Hall–Kier alpha value is -2.56. The molecule has 0 bridgehead atoms. The minimum absolute atomic E-state index is 0.156. The molecule has 2 saturated carbocycles. The summed E-state index contributed by atoms with van der Waals surface area (Å²) in [4.78, 5) is 16.3. The maximum absolute atomic E-state index is 12.1. The molecule has 2 atom stereocenters. The first kappa shape index (κ1) is 18.5. The van der Waals surface area contributed by atoms with E-state index in [0.29, 0.717) is 11.6 Å². The molecule has 2 fully saturated rings. The zero-order chi connectivity index (χ0) is 19.8. The summed E-state index contributed by atoms with van der Waals surface area (Å²) in [5.74, 6) is 1.57. The van der Waals surface area contributed by atoms with Crippen LogP contribution in [0.1, 0.15) is 60.0 Å². The second kappa shape index (κ2) is 7.36. The lowest BCUT2D eigenvalue weighted by Gasteiger charge is -2.27. The van der Waals surface area contributed by atoms with Crippen molar-refractivity contribution in [2.45, 2.75) is 56.4 Å². The molecule has 3 aliphatic rings. The Morgan fingerprint density at radius 3 is 3.03 bits per heavy atom. The Labute approximate surface area is 171 Å². The van der Waals surface area contributed by atoms with Gasteiger partial charge in [0.05, 0.1) is 31.2 Å². The lowest BCUT2D eigenvalue weighted by molar-refractivity contribution is 0.0601. The van der Waals surface area contributed by atoms with Crippen LogP contribution in [0.4, 0.5) is 5.69 Å². The monoisotopic (exact) mass is 392 g/mol. The van der Waals surface area contributed by atoms with Gasteiger partial charge in [0.25, 0.3) is 0 Å². The molecule has 0 aliphatic heterocycles. The van der Waals surface area contributed by atoms with E-state index in [2.05, 4.69) is 28.5 Å². The smallest absolute Gasteiger partial charge is 0.340 e. The summed E-state index contributed by atoms with van der Waals surface area (Å²) in [6.07, 6.45) is 11.8. The topological polar surface area (TPSA) is 60.5 Å². The van der Waals surface area contributed by atoms with Crippen molar-refractivity contribution in [3.63, 3.8) is 0 Å². The number of carbonyl (C=O) groups excluding carboxylic acids is 1. The maximum Gasteiger partial charge on any atom is 0.340 e. The molecule has 1 aromatic carbocycles. The minimum Gasteiger partial charge on any atom is -0.494 e. The van der Waals surface area contributed by atoms with E-state index in [0.717, 1.165) is 36.8 Å². The highest BCUT2D eigenvalue weighted by atomic mass is 16.5. The molecule has 0 unspecified atom stereocenters. The highest BCUT2D eigenvalue weighted by molar-refractivity contribution is 5.95. The zero-order valence-electron chi connectivity index (χ0n) is 16.9. The first-order valence-electron chi connectivity index (χ1n) is 10.7. The number of hydrogen-bond donors (Lipinski definition) is 1. The Morgan fingerprint density at radius 1 is 1.31 bits per heavy atom. The average molecular weight is 392 g/mol. The fourth-order valence-corrected chi connectivity index (χ4v) is 4.88. The number of carbonyl (C=O) groups is 1. The summed E-state index contributed by atoms with van der Waals surface area (Å²) in [5, 5.41) is 3.57. The van der Waals surface area contributed by atoms with E-state index in [1.807, 2.05) is 0 Å². The molecule has 0 amide bonds. The SMILES string of the molecule is COC(=O)c1ccncc1N[C@@H]1C[C@]12CCCc1cc(OCCC3CC3)ccc12. The molecule has 1 aromatic heterocycles. The molecule has 2 aromatic rings. The number of nitrogens with zero attached hydrogens (tertiary/aromatic N) is 1. The Morgan fingerprint density at radius 2 is 2.21 bits per heavy atom. The number of aromatic nitrogens is 1. The molecule has 1 N–H and O–H groups in total. The van der Waals surface area contributed by atoms with Crippen LogP contribution in [0.2, 0.25) is 0 Å². The van der Waals surface area contributed by atoms with Gasteiger partial charge in [0.2, 0.25) is 0 Å². The second-order valence-electron chi connectivity index (χ2n) is 8.72. The lowest BCUT2D eigenvalue weighted by Crippen LogP contribution is -2.24. The normalized spacial score (nSPS) is 24.7. The van der Waals surface area contributed by atoms with E-state index in [-0.39, 0.29) is 11.4 Å². The van der Waals surface area contributed by atoms with Gasteiger partial charge in [-0.15, -0.1) is 0 Å². The molecular weight excluding hydrogens is 364 g/mol. The molecular formula is C24H28N2O3. The van der Waals surface area contributed by atoms with Gasteiger partial charge in [0.1, 0.15) is 5.75 Å². The minimum atomic E-state index is -0.332. The molecule has 3 aliphatic carbocycles. The van der Waals surface area contributed by atoms with Gasteiger partial charge in [0.15, 0.2) is 0 Å². The van der Waals surface area contributed by atoms with Crippen molar-refractivity contribution in [2.24, 2.45) is 5.92 Å². The summed E-state index contributed by atoms with van der Waals surface area (Å²) < 4.78 is 10.9. The van der Waals surface area contributed by atoms with Crippen molar-refractivity contribution in [1.29, 1.82) is 0 Å². The van der Waals surface area contributed by atoms with E-state index in [9.17, 15) is 4.79 Å². The summed E-state index contributed by atoms with van der Waals surface area (Å²) in [6.45, 7) is 0.829. The van der Waals surface area contributed by atoms with Gasteiger partial charge >= 0.3 is 5.97 Å². The number of esters is 1. The number of pyridine rings is 1. The van der Waals surface area contributed by atoms with Gasteiger partial charge < -0.3 is 14.8 Å². The van der Waals surface area contributed by atoms with Gasteiger partial charge in [-0.2, -0.15) is 0 Å². The van der Waals surface area contributed by atoms with Crippen LogP contribution in [-0.2, 0) is 16.6 Å². The average Bonchev–Trinajstić information content (AvgIpc) is 3.67. The summed E-state index contributed by atoms with van der Waals surface area (Å²) >= 11 is 0. The van der Waals surface area contributed by atoms with Gasteiger partial charge in [-0.25, -0.2) is 4.79 Å². The number of hydrogen-bond acceptors (Lipinski definition) is 5. The number of benzene rings is 1. The maximum atomic E-state index is 12.1. The van der Waals surface area contributed by atoms with Gasteiger partial charge in [0, 0.05) is 17.7 Å². The van der Waals surface area contributed by atoms with Crippen molar-refractivity contribution >= 4 is 11.7 Å². The third-order valence-electron chi connectivity index (χ3n) is 6.81. The number of ether oxygens (including phenoxy) is 2. The van der Waals surface area contributed by atoms with E-state index < -0.39 is 0 Å². The fourth-order valence-electron chi connectivity index (χ4n) is 4.88. The van der Waals surface area contributed by atoms with Crippen LogP contribution >= 0.6 is 0 Å². The Kier molecular flexibility index (Phi) is 4.69. The summed E-state index contributed by atoms with van der Waals surface area (Å²) in [7, 11) is 1.41. The first-order valence-corrected chi connectivity index (χ1v) is 10.7. The number of rotatable bonds is 7. The van der Waals surface area contributed by atoms with Crippen molar-refractivity contribution in [3.05, 3.63) is 53.3 Å². The van der Waals surface area contributed by atoms with Gasteiger partial charge in [-0.3, -0.25) is 4.98 Å². The molecule has 152 valence electrons. The molecule has 5 rings (SSSR count). The van der Waals surface area contributed by atoms with Crippen LogP contribution in [0.5, 0.6) is 5.75 Å². The van der Waals surface area contributed by atoms with Crippen molar-refractivity contribution in [3.8, 4) is 5.75 Å². The highest BCUT2D eigenvalue weighted by Crippen LogP contribution is 2.57. The number of nitrogens with one attached hydrogen (secondary N) is 1. The fraction of sp³-hybridized carbons (Fsp3) is 0.500. The first-order chi connectivity index (χ1) is 14.2. The standard InChI is InChI=1S/C24H28N2O3/c1-28-23(27)19-8-11-25-15-21(19)26-22-14-24(22)10-2-3-17-13-18(6-7-20(17)24)29-12-9-16-4-5-16/h6-8,11,13,15-16,22,26H,2-5,9-10,12,14H2,1H3/t22-,24+/m1/s1. The third kappa shape index (κ3) is 3.59. The summed E-state index contributed by atoms with van der Waals surface area (Å²) in [6, 6.07) is 8.69. The second-order valence-corrected chi connectivity index (χ2v) is 8.72. The van der Waals surface area contributed by atoms with Gasteiger partial charge in [-0.05, 0) is 67.3 Å². The number of fused-ring (bicyclic) bond motifs is 2. The predicted octanol–water partition coefficient (Wildman–Crippen LogP) is 4.51. The van der Waals surface area contributed by atoms with Crippen molar-refractivity contribution in [2.75, 3.05) is 19.0 Å². The molecule has 0 saturated heterocycles. The van der Waals surface area contributed by atoms with Crippen molar-refractivity contribution in [1.82, 2.24) is 4.98 Å².